The molecule has 0 heterocycles. The van der Waals surface area contributed by atoms with Crippen LogP contribution in [0.4, 0.5) is 0 Å². The average molecular weight is 539 g/mol. The third kappa shape index (κ3) is 25.2. The van der Waals surface area contributed by atoms with Crippen LogP contribution in [0.1, 0.15) is 108 Å². The molecule has 0 amide bonds. The summed E-state index contributed by atoms with van der Waals surface area (Å²) in [7, 11) is 0. The minimum absolute atomic E-state index is 1.11. The Balaban J connectivity index is 4.60. The van der Waals surface area contributed by atoms with Crippen LogP contribution in [0.5, 0.6) is 0 Å². The predicted molar refractivity (Wildman–Crippen MR) is 186 cm³/mol. The fourth-order valence-electron chi connectivity index (χ4n) is 3.65. The molecule has 0 rings (SSSR count). The van der Waals surface area contributed by atoms with E-state index in [9.17, 15) is 0 Å². The number of hydrogen-bond donors (Lipinski definition) is 0. The zero-order valence-corrected chi connectivity index (χ0v) is 27.5. The van der Waals surface area contributed by atoms with E-state index in [4.69, 9.17) is 0 Å². The second-order valence-corrected chi connectivity index (χ2v) is 11.4. The van der Waals surface area contributed by atoms with Gasteiger partial charge in [-0.1, -0.05) is 142 Å². The Bertz CT molecular complexity index is 1100. The van der Waals surface area contributed by atoms with Gasteiger partial charge in [-0.15, -0.1) is 0 Å². The highest BCUT2D eigenvalue weighted by molar-refractivity contribution is 5.31. The molecule has 0 aliphatic carbocycles. The topological polar surface area (TPSA) is 0 Å². The largest absolute Gasteiger partial charge is 0.0856 e. The summed E-state index contributed by atoms with van der Waals surface area (Å²) < 4.78 is 0. The van der Waals surface area contributed by atoms with Crippen LogP contribution in [-0.2, 0) is 0 Å². The lowest BCUT2D eigenvalue weighted by atomic mass is 10.1. The van der Waals surface area contributed by atoms with Crippen molar-refractivity contribution in [3.63, 3.8) is 0 Å². The molecule has 0 aromatic rings. The van der Waals surface area contributed by atoms with Crippen molar-refractivity contribution in [2.24, 2.45) is 0 Å². The second kappa shape index (κ2) is 23.7. The van der Waals surface area contributed by atoms with Gasteiger partial charge in [-0.2, -0.15) is 0 Å². The van der Waals surface area contributed by atoms with Crippen molar-refractivity contribution in [1.82, 2.24) is 0 Å². The summed E-state index contributed by atoms with van der Waals surface area (Å²) in [6, 6.07) is 0. The van der Waals surface area contributed by atoms with Crippen molar-refractivity contribution in [1.29, 1.82) is 0 Å². The Hall–Kier alpha value is -3.12. The van der Waals surface area contributed by atoms with E-state index in [0.29, 0.717) is 0 Å². The van der Waals surface area contributed by atoms with Crippen LogP contribution in [0.3, 0.4) is 0 Å². The molecule has 0 aromatic heterocycles. The van der Waals surface area contributed by atoms with Gasteiger partial charge in [-0.05, 0) is 108 Å². The molecular formula is C40H58. The van der Waals surface area contributed by atoms with E-state index in [1.54, 1.807) is 0 Å². The van der Waals surface area contributed by atoms with Crippen LogP contribution >= 0.6 is 0 Å². The van der Waals surface area contributed by atoms with Gasteiger partial charge in [0.15, 0.2) is 0 Å². The first-order chi connectivity index (χ1) is 19.0. The summed E-state index contributed by atoms with van der Waals surface area (Å²) in [5.41, 5.74) is 10.8. The Labute approximate surface area is 249 Å². The fraction of sp³-hybridized carbons (Fsp3) is 0.400. The van der Waals surface area contributed by atoms with E-state index in [0.717, 1.165) is 32.1 Å². The summed E-state index contributed by atoms with van der Waals surface area (Å²) in [6.07, 6.45) is 41.8. The monoisotopic (exact) mass is 538 g/mol. The first-order valence-electron chi connectivity index (χ1n) is 15.0. The maximum absolute atomic E-state index is 2.39. The van der Waals surface area contributed by atoms with Gasteiger partial charge >= 0.3 is 0 Å². The van der Waals surface area contributed by atoms with Gasteiger partial charge in [0.05, 0.1) is 0 Å². The van der Waals surface area contributed by atoms with Gasteiger partial charge in [0.2, 0.25) is 0 Å². The minimum Gasteiger partial charge on any atom is -0.0856 e. The molecule has 0 nitrogen and oxygen atoms in total. The molecule has 0 bridgehead atoms. The minimum atomic E-state index is 1.11. The van der Waals surface area contributed by atoms with Crippen molar-refractivity contribution in [2.75, 3.05) is 0 Å². The van der Waals surface area contributed by atoms with Crippen molar-refractivity contribution < 1.29 is 0 Å². The lowest BCUT2D eigenvalue weighted by molar-refractivity contribution is 0.918. The Morgan fingerprint density at radius 3 is 1.07 bits per heavy atom. The molecule has 0 saturated carbocycles. The van der Waals surface area contributed by atoms with Crippen molar-refractivity contribution in [2.45, 2.75) is 108 Å². The van der Waals surface area contributed by atoms with E-state index in [-0.39, 0.29) is 0 Å². The molecule has 0 saturated heterocycles. The van der Waals surface area contributed by atoms with Crippen LogP contribution in [0.25, 0.3) is 0 Å². The number of allylic oxidation sites excluding steroid dienone is 24. The van der Waals surface area contributed by atoms with Gasteiger partial charge in [0.25, 0.3) is 0 Å². The summed E-state index contributed by atoms with van der Waals surface area (Å²) >= 11 is 0. The van der Waals surface area contributed by atoms with Gasteiger partial charge in [-0.25, -0.2) is 0 Å². The van der Waals surface area contributed by atoms with E-state index < -0.39 is 0 Å². The van der Waals surface area contributed by atoms with Crippen LogP contribution < -0.4 is 0 Å². The summed E-state index contributed by atoms with van der Waals surface area (Å²) in [5.74, 6) is 0. The zero-order chi connectivity index (χ0) is 30.2. The van der Waals surface area contributed by atoms with Gasteiger partial charge in [-0.3, -0.25) is 0 Å². The number of hydrogen-bond acceptors (Lipinski definition) is 0. The quantitative estimate of drug-likeness (QED) is 0.128. The molecule has 0 N–H and O–H groups in total. The molecule has 218 valence electrons. The Morgan fingerprint density at radius 1 is 0.350 bits per heavy atom. The number of rotatable bonds is 17. The molecule has 0 aliphatic heterocycles. The first kappa shape index (κ1) is 36.9. The third-order valence-electron chi connectivity index (χ3n) is 6.24. The van der Waals surface area contributed by atoms with Crippen molar-refractivity contribution >= 4 is 0 Å². The van der Waals surface area contributed by atoms with Crippen molar-refractivity contribution in [3.8, 4) is 0 Å². The smallest absolute Gasteiger partial charge is 0.0285 e. The highest BCUT2D eigenvalue weighted by Gasteiger charge is 1.91. The standard InChI is InChI=1S/C40H58/c1-33(2)19-13-23-37(7)27-17-31-39(9)29-15-25-35(5)21-11-12-22-36(6)26-16-30-40(10)32-18-28-38(8)24-14-20-34(3)4/h11-12,15-17,19-22,25-31H,13-14,18,23-24,32H2,1-10H3/b12-11+,25-15+,26-16+,31-17+,35-21+,36-22-,37-27+,38-28+,39-29+,40-30+. The summed E-state index contributed by atoms with van der Waals surface area (Å²) in [5, 5.41) is 0. The lowest BCUT2D eigenvalue weighted by Crippen LogP contribution is -1.80. The Morgan fingerprint density at radius 2 is 0.675 bits per heavy atom. The molecule has 40 heavy (non-hydrogen) atoms. The highest BCUT2D eigenvalue weighted by Crippen LogP contribution is 2.12. The average Bonchev–Trinajstić information content (AvgIpc) is 2.86. The SMILES string of the molecule is CC(C)=CCC/C(C)=C/C=C/C(C)=C/C=C/C(C)=C/C=C/C=C(C)\C=C\C=C(/C)CC/C=C(\C)CCC=C(C)C. The van der Waals surface area contributed by atoms with Gasteiger partial charge in [0, 0.05) is 0 Å². The predicted octanol–water partition coefficient (Wildman–Crippen LogP) is 13.2. The van der Waals surface area contributed by atoms with Gasteiger partial charge in [0.1, 0.15) is 0 Å². The summed E-state index contributed by atoms with van der Waals surface area (Å²) in [4.78, 5) is 0. The molecule has 0 radical (unpaired) electrons. The molecule has 0 unspecified atom stereocenters. The highest BCUT2D eigenvalue weighted by atomic mass is 14.0. The van der Waals surface area contributed by atoms with Crippen LogP contribution in [-0.4, -0.2) is 0 Å². The fourth-order valence-corrected chi connectivity index (χ4v) is 3.65. The normalized spacial score (nSPS) is 14.8. The third-order valence-corrected chi connectivity index (χ3v) is 6.24. The molecule has 0 fully saturated rings. The summed E-state index contributed by atoms with van der Waals surface area (Å²) in [6.45, 7) is 21.7. The first-order valence-corrected chi connectivity index (χ1v) is 15.0. The Kier molecular flexibility index (Phi) is 21.9. The van der Waals surface area contributed by atoms with Crippen molar-refractivity contribution in [3.05, 3.63) is 142 Å². The van der Waals surface area contributed by atoms with Crippen LogP contribution in [0, 0.1) is 0 Å². The molecule has 0 heteroatoms. The van der Waals surface area contributed by atoms with E-state index in [1.807, 2.05) is 0 Å². The second-order valence-electron chi connectivity index (χ2n) is 11.4. The lowest BCUT2D eigenvalue weighted by Gasteiger charge is -2.00. The van der Waals surface area contributed by atoms with Gasteiger partial charge < -0.3 is 0 Å². The van der Waals surface area contributed by atoms with E-state index in [2.05, 4.69) is 166 Å². The zero-order valence-electron chi connectivity index (χ0n) is 27.5. The van der Waals surface area contributed by atoms with Crippen LogP contribution in [0.15, 0.2) is 142 Å². The van der Waals surface area contributed by atoms with E-state index in [1.165, 1.54) is 51.0 Å². The molecular weight excluding hydrogens is 480 g/mol. The molecule has 0 atom stereocenters. The van der Waals surface area contributed by atoms with Crippen LogP contribution in [0.2, 0.25) is 0 Å². The maximum atomic E-state index is 2.39. The maximum Gasteiger partial charge on any atom is -0.0285 e. The molecule has 0 spiro atoms. The van der Waals surface area contributed by atoms with E-state index >= 15 is 0 Å². The molecule has 0 aromatic carbocycles. The molecule has 0 aliphatic rings.